The number of nitrogens with zero attached hydrogens (tertiary/aromatic N) is 3. The second-order valence-electron chi connectivity index (χ2n) is 7.52. The lowest BCUT2D eigenvalue weighted by atomic mass is 9.89. The zero-order chi connectivity index (χ0) is 22.0. The highest BCUT2D eigenvalue weighted by atomic mass is 16.5. The number of piperidine rings is 1. The Hall–Kier alpha value is -3.55. The molecule has 0 unspecified atom stereocenters. The third kappa shape index (κ3) is 3.81. The first-order valence-electron chi connectivity index (χ1n) is 10.2. The topological polar surface area (TPSA) is 99.8 Å². The maximum Gasteiger partial charge on any atom is 0.248 e. The molecule has 1 aliphatic rings. The van der Waals surface area contributed by atoms with Gasteiger partial charge in [0.15, 0.2) is 17.3 Å². The van der Waals surface area contributed by atoms with Gasteiger partial charge in [-0.1, -0.05) is 12.1 Å². The smallest absolute Gasteiger partial charge is 0.248 e. The number of rotatable bonds is 6. The number of hydrogen-bond donors (Lipinski definition) is 1. The van der Waals surface area contributed by atoms with Gasteiger partial charge in [0.2, 0.25) is 11.7 Å². The molecule has 1 amide bonds. The highest BCUT2D eigenvalue weighted by Gasteiger charge is 2.25. The first-order valence-corrected chi connectivity index (χ1v) is 10.2. The summed E-state index contributed by atoms with van der Waals surface area (Å²) in [6, 6.07) is 9.52. The molecular formula is C23H26N4O4. The second-order valence-corrected chi connectivity index (χ2v) is 7.52. The van der Waals surface area contributed by atoms with Crippen LogP contribution in [-0.4, -0.2) is 50.5 Å². The molecule has 0 aliphatic carbocycles. The quantitative estimate of drug-likeness (QED) is 0.651. The van der Waals surface area contributed by atoms with Crippen molar-refractivity contribution < 1.29 is 19.0 Å². The standard InChI is InChI=1S/C23H26N4O4/c1-29-19-12-17-18(20(30-2)21(19)31-3)13-25-26-23(17)27-10-8-15(9-11-27)14-4-6-16(7-5-14)22(24)28/h4-7,12-13,15H,8-11H2,1-3H3,(H2,24,28). The van der Waals surface area contributed by atoms with Crippen LogP contribution in [0.1, 0.15) is 34.7 Å². The number of carbonyl (C=O) groups is 1. The molecule has 4 rings (SSSR count). The minimum Gasteiger partial charge on any atom is -0.493 e. The van der Waals surface area contributed by atoms with E-state index < -0.39 is 5.91 Å². The number of amides is 1. The molecule has 2 aromatic carbocycles. The highest BCUT2D eigenvalue weighted by molar-refractivity contribution is 5.99. The molecule has 1 saturated heterocycles. The molecule has 2 N–H and O–H groups in total. The molecule has 1 aromatic heterocycles. The van der Waals surface area contributed by atoms with E-state index >= 15 is 0 Å². The van der Waals surface area contributed by atoms with E-state index in [2.05, 4.69) is 15.1 Å². The van der Waals surface area contributed by atoms with Gasteiger partial charge in [0.25, 0.3) is 0 Å². The number of ether oxygens (including phenoxy) is 3. The maximum absolute atomic E-state index is 11.3. The third-order valence-electron chi connectivity index (χ3n) is 5.91. The van der Waals surface area contributed by atoms with Crippen molar-refractivity contribution >= 4 is 22.5 Å². The fourth-order valence-electron chi connectivity index (χ4n) is 4.26. The van der Waals surface area contributed by atoms with Gasteiger partial charge in [-0.25, -0.2) is 0 Å². The van der Waals surface area contributed by atoms with Crippen LogP contribution in [0.2, 0.25) is 0 Å². The van der Waals surface area contributed by atoms with E-state index in [0.29, 0.717) is 28.7 Å². The average molecular weight is 422 g/mol. The molecule has 0 atom stereocenters. The van der Waals surface area contributed by atoms with Crippen LogP contribution in [0.5, 0.6) is 17.2 Å². The summed E-state index contributed by atoms with van der Waals surface area (Å²) in [6.45, 7) is 1.68. The summed E-state index contributed by atoms with van der Waals surface area (Å²) >= 11 is 0. The largest absolute Gasteiger partial charge is 0.493 e. The number of hydrogen-bond acceptors (Lipinski definition) is 7. The van der Waals surface area contributed by atoms with Gasteiger partial charge in [0.05, 0.1) is 32.9 Å². The van der Waals surface area contributed by atoms with Crippen LogP contribution in [-0.2, 0) is 0 Å². The molecule has 0 bridgehead atoms. The fraction of sp³-hybridized carbons (Fsp3) is 0.348. The lowest BCUT2D eigenvalue weighted by Gasteiger charge is -2.33. The van der Waals surface area contributed by atoms with Gasteiger partial charge < -0.3 is 24.8 Å². The monoisotopic (exact) mass is 422 g/mol. The molecule has 8 heteroatoms. The summed E-state index contributed by atoms with van der Waals surface area (Å²) in [5.74, 6) is 2.53. The second kappa shape index (κ2) is 8.67. The molecule has 0 spiro atoms. The molecule has 162 valence electrons. The summed E-state index contributed by atoms with van der Waals surface area (Å²) in [5.41, 5.74) is 7.10. The molecule has 3 aromatic rings. The van der Waals surface area contributed by atoms with Crippen molar-refractivity contribution in [1.82, 2.24) is 10.2 Å². The van der Waals surface area contributed by atoms with Crippen LogP contribution in [0.3, 0.4) is 0 Å². The highest BCUT2D eigenvalue weighted by Crippen LogP contribution is 2.45. The van der Waals surface area contributed by atoms with Crippen molar-refractivity contribution in [3.8, 4) is 17.2 Å². The molecule has 2 heterocycles. The number of primary amides is 1. The van der Waals surface area contributed by atoms with E-state index in [1.165, 1.54) is 5.56 Å². The zero-order valence-electron chi connectivity index (χ0n) is 17.9. The van der Waals surface area contributed by atoms with Crippen LogP contribution >= 0.6 is 0 Å². The average Bonchev–Trinajstić information content (AvgIpc) is 2.82. The number of methoxy groups -OCH3 is 3. The van der Waals surface area contributed by atoms with Gasteiger partial charge in [-0.05, 0) is 42.5 Å². The summed E-state index contributed by atoms with van der Waals surface area (Å²) in [6.07, 6.45) is 3.63. The van der Waals surface area contributed by atoms with E-state index in [1.54, 1.807) is 39.7 Å². The van der Waals surface area contributed by atoms with Gasteiger partial charge in [-0.3, -0.25) is 4.79 Å². The van der Waals surface area contributed by atoms with Crippen molar-refractivity contribution in [3.63, 3.8) is 0 Å². The number of nitrogens with two attached hydrogens (primary N) is 1. The third-order valence-corrected chi connectivity index (χ3v) is 5.91. The lowest BCUT2D eigenvalue weighted by Crippen LogP contribution is -2.33. The Kier molecular flexibility index (Phi) is 5.79. The van der Waals surface area contributed by atoms with Gasteiger partial charge >= 0.3 is 0 Å². The Morgan fingerprint density at radius 3 is 2.26 bits per heavy atom. The van der Waals surface area contributed by atoms with Crippen molar-refractivity contribution in [2.45, 2.75) is 18.8 Å². The number of anilines is 1. The lowest BCUT2D eigenvalue weighted by molar-refractivity contribution is 0.1000. The molecule has 1 aliphatic heterocycles. The number of carbonyl (C=O) groups excluding carboxylic acids is 1. The van der Waals surface area contributed by atoms with Crippen LogP contribution in [0, 0.1) is 0 Å². The Bertz CT molecular complexity index is 1090. The van der Waals surface area contributed by atoms with E-state index in [4.69, 9.17) is 19.9 Å². The summed E-state index contributed by atoms with van der Waals surface area (Å²) in [5, 5.41) is 10.4. The van der Waals surface area contributed by atoms with Crippen molar-refractivity contribution in [1.29, 1.82) is 0 Å². The van der Waals surface area contributed by atoms with Gasteiger partial charge in [-0.15, -0.1) is 5.10 Å². The molecule has 0 radical (unpaired) electrons. The number of fused-ring (bicyclic) bond motifs is 1. The zero-order valence-corrected chi connectivity index (χ0v) is 17.9. The normalized spacial score (nSPS) is 14.5. The van der Waals surface area contributed by atoms with Gasteiger partial charge in [0.1, 0.15) is 0 Å². The van der Waals surface area contributed by atoms with Gasteiger partial charge in [0, 0.05) is 24.0 Å². The van der Waals surface area contributed by atoms with E-state index in [0.717, 1.165) is 42.5 Å². The van der Waals surface area contributed by atoms with Crippen LogP contribution in [0.4, 0.5) is 5.82 Å². The first-order chi connectivity index (χ1) is 15.1. The molecule has 31 heavy (non-hydrogen) atoms. The van der Waals surface area contributed by atoms with E-state index in [-0.39, 0.29) is 0 Å². The fourth-order valence-corrected chi connectivity index (χ4v) is 4.26. The predicted octanol–water partition coefficient (Wildman–Crippen LogP) is 3.14. The summed E-state index contributed by atoms with van der Waals surface area (Å²) in [4.78, 5) is 13.5. The molecular weight excluding hydrogens is 396 g/mol. The Balaban J connectivity index is 1.61. The Labute approximate surface area is 180 Å². The van der Waals surface area contributed by atoms with Crippen LogP contribution in [0.15, 0.2) is 36.5 Å². The van der Waals surface area contributed by atoms with E-state index in [1.807, 2.05) is 18.2 Å². The molecule has 0 saturated carbocycles. The minimum absolute atomic E-state index is 0.404. The Morgan fingerprint density at radius 2 is 1.68 bits per heavy atom. The SMILES string of the molecule is COc1cc2c(N3CCC(c4ccc(C(N)=O)cc4)CC3)nncc2c(OC)c1OC. The summed E-state index contributed by atoms with van der Waals surface area (Å²) in [7, 11) is 4.79. The van der Waals surface area contributed by atoms with Crippen molar-refractivity contribution in [2.24, 2.45) is 5.73 Å². The predicted molar refractivity (Wildman–Crippen MR) is 118 cm³/mol. The molecule has 8 nitrogen and oxygen atoms in total. The number of benzene rings is 2. The molecule has 1 fully saturated rings. The summed E-state index contributed by atoms with van der Waals surface area (Å²) < 4.78 is 16.6. The first kappa shape index (κ1) is 20.7. The van der Waals surface area contributed by atoms with Crippen molar-refractivity contribution in [2.75, 3.05) is 39.3 Å². The van der Waals surface area contributed by atoms with E-state index in [9.17, 15) is 4.79 Å². The van der Waals surface area contributed by atoms with Crippen LogP contribution in [0.25, 0.3) is 10.8 Å². The van der Waals surface area contributed by atoms with Crippen LogP contribution < -0.4 is 24.8 Å². The van der Waals surface area contributed by atoms with Gasteiger partial charge in [-0.2, -0.15) is 5.10 Å². The maximum atomic E-state index is 11.3. The number of aromatic nitrogens is 2. The minimum atomic E-state index is -0.404. The van der Waals surface area contributed by atoms with Crippen molar-refractivity contribution in [3.05, 3.63) is 47.7 Å². The Morgan fingerprint density at radius 1 is 1.00 bits per heavy atom.